The Morgan fingerprint density at radius 1 is 0.606 bits per heavy atom. The third-order valence-electron chi connectivity index (χ3n) is 13.9. The normalized spacial score (nSPS) is 23.0. The van der Waals surface area contributed by atoms with Crippen LogP contribution < -0.4 is 0 Å². The molecule has 20 heteroatoms. The molecule has 0 N–H and O–H groups in total. The van der Waals surface area contributed by atoms with E-state index in [0.29, 0.717) is 11.8 Å². The molecule has 0 radical (unpaired) electrons. The van der Waals surface area contributed by atoms with Gasteiger partial charge in [-0.25, -0.2) is 9.97 Å². The minimum Gasteiger partial charge on any atom is -0.304 e. The zero-order valence-corrected chi connectivity index (χ0v) is 40.5. The minimum atomic E-state index is -4.27. The Kier molecular flexibility index (Phi) is 13.6. The first-order valence-electron chi connectivity index (χ1n) is 22.2. The van der Waals surface area contributed by atoms with Crippen molar-refractivity contribution in [2.45, 2.75) is 86.9 Å². The molecule has 6 aromatic rings. The number of likely N-dealkylation sites (tertiary alicyclic amines) is 2. The lowest BCUT2D eigenvalue weighted by molar-refractivity contribution is -0.138. The first-order chi connectivity index (χ1) is 31.5. The van der Waals surface area contributed by atoms with E-state index in [2.05, 4.69) is 40.2 Å². The Morgan fingerprint density at radius 3 is 1.35 bits per heavy atom. The molecule has 66 heavy (non-hydrogen) atoms. The van der Waals surface area contributed by atoms with Crippen molar-refractivity contribution in [2.24, 2.45) is 24.9 Å². The highest BCUT2D eigenvalue weighted by Crippen LogP contribution is 2.65. The number of alkyl halides is 6. The van der Waals surface area contributed by atoms with E-state index in [4.69, 9.17) is 0 Å². The van der Waals surface area contributed by atoms with Gasteiger partial charge in [-0.05, 0) is 137 Å². The van der Waals surface area contributed by atoms with Gasteiger partial charge in [-0.2, -0.15) is 26.3 Å². The van der Waals surface area contributed by atoms with Crippen molar-refractivity contribution in [3.8, 4) is 21.4 Å². The second kappa shape index (κ2) is 18.9. The molecule has 0 bridgehead atoms. The van der Waals surface area contributed by atoms with Crippen LogP contribution in [0.5, 0.6) is 0 Å². The van der Waals surface area contributed by atoms with E-state index in [1.165, 1.54) is 24.3 Å². The molecule has 4 atom stereocenters. The summed E-state index contributed by atoms with van der Waals surface area (Å²) in [5, 5.41) is 19.2. The quantitative estimate of drug-likeness (QED) is 0.0597. The fraction of sp³-hybridized carbons (Fsp3) is 0.522. The highest BCUT2D eigenvalue weighted by molar-refractivity contribution is 7.99. The van der Waals surface area contributed by atoms with Gasteiger partial charge in [0.05, 0.1) is 43.3 Å². The molecule has 2 aromatic carbocycles. The van der Waals surface area contributed by atoms with Gasteiger partial charge in [-0.1, -0.05) is 47.8 Å². The van der Waals surface area contributed by atoms with Crippen LogP contribution in [0.4, 0.5) is 26.3 Å². The van der Waals surface area contributed by atoms with E-state index in [-0.39, 0.29) is 10.8 Å². The molecule has 10 nitrogen and oxygen atoms in total. The summed E-state index contributed by atoms with van der Waals surface area (Å²) >= 11 is 6.61. The van der Waals surface area contributed by atoms with Gasteiger partial charge in [0.15, 0.2) is 22.0 Å². The Balaban J connectivity index is 0.000000166. The average Bonchev–Trinajstić information content (AvgIpc) is 3.64. The van der Waals surface area contributed by atoms with Gasteiger partial charge >= 0.3 is 12.4 Å². The Morgan fingerprint density at radius 2 is 1.00 bits per heavy atom. The standard InChI is InChI=1S/2C23H26F3N5S2/c2*1-15-19(33-14-27-15)20-28-29-21(30(20)2)32-11-3-9-31-10-8-22(13-31)12-18(22)16-4-6-17(7-5-16)23(24,25)26/h2*4-7,14,18H,3,8-13H2,1-2H3/t2*18-,22+/m10/s1. The highest BCUT2D eigenvalue weighted by atomic mass is 32.2. The first kappa shape index (κ1) is 47.3. The summed E-state index contributed by atoms with van der Waals surface area (Å²) < 4.78 is 81.0. The number of thiazole rings is 2. The minimum absolute atomic E-state index is 0.262. The molecule has 2 saturated heterocycles. The predicted octanol–water partition coefficient (Wildman–Crippen LogP) is 11.3. The van der Waals surface area contributed by atoms with Gasteiger partial charge in [0, 0.05) is 38.7 Å². The summed E-state index contributed by atoms with van der Waals surface area (Å²) in [7, 11) is 3.99. The lowest BCUT2D eigenvalue weighted by Crippen LogP contribution is -2.23. The van der Waals surface area contributed by atoms with Gasteiger partial charge in [0.2, 0.25) is 0 Å². The van der Waals surface area contributed by atoms with Crippen LogP contribution in [0.25, 0.3) is 21.4 Å². The van der Waals surface area contributed by atoms with Crippen LogP contribution in [-0.4, -0.2) is 100 Å². The van der Waals surface area contributed by atoms with Crippen molar-refractivity contribution in [1.82, 2.24) is 49.3 Å². The molecule has 10 rings (SSSR count). The number of nitrogens with zero attached hydrogens (tertiary/aromatic N) is 10. The van der Waals surface area contributed by atoms with Gasteiger partial charge in [0.25, 0.3) is 0 Å². The van der Waals surface area contributed by atoms with Crippen molar-refractivity contribution < 1.29 is 26.3 Å². The lowest BCUT2D eigenvalue weighted by atomic mass is 9.97. The molecule has 2 saturated carbocycles. The molecule has 0 unspecified atom stereocenters. The van der Waals surface area contributed by atoms with Crippen LogP contribution in [-0.2, 0) is 26.4 Å². The monoisotopic (exact) mass is 986 g/mol. The van der Waals surface area contributed by atoms with Crippen molar-refractivity contribution >= 4 is 46.2 Å². The topological polar surface area (TPSA) is 93.7 Å². The number of hydrogen-bond acceptors (Lipinski definition) is 12. The van der Waals surface area contributed by atoms with Crippen LogP contribution in [0.15, 0.2) is 69.9 Å². The van der Waals surface area contributed by atoms with Crippen LogP contribution in [0.1, 0.15) is 84.0 Å². The van der Waals surface area contributed by atoms with Crippen LogP contribution in [0.2, 0.25) is 0 Å². The second-order valence-electron chi connectivity index (χ2n) is 18.2. The SMILES string of the molecule is Cc1ncsc1-c1nnc(SCCCN2CC[C@@]3(C[C@H]3c3ccc(C(F)(F)F)cc3)C2)n1C.Cc1ncsc1-c1nnc(SCCCN2CC[C@]3(C[C@@H]3c3ccc(C(F)(F)F)cc3)C2)n1C. The van der Waals surface area contributed by atoms with E-state index in [1.54, 1.807) is 70.5 Å². The fourth-order valence-electron chi connectivity index (χ4n) is 9.91. The van der Waals surface area contributed by atoms with E-state index in [0.717, 1.165) is 144 Å². The number of aromatic nitrogens is 8. The highest BCUT2D eigenvalue weighted by Gasteiger charge is 2.58. The lowest BCUT2D eigenvalue weighted by Gasteiger charge is -2.16. The Hall–Kier alpha value is -3.82. The molecule has 4 aliphatic rings. The van der Waals surface area contributed by atoms with E-state index in [9.17, 15) is 26.3 Å². The summed E-state index contributed by atoms with van der Waals surface area (Å²) in [6.45, 7) is 10.3. The number of halogens is 6. The fourth-order valence-corrected chi connectivity index (χ4v) is 13.2. The predicted molar refractivity (Wildman–Crippen MR) is 249 cm³/mol. The number of benzene rings is 2. The third kappa shape index (κ3) is 10.1. The number of rotatable bonds is 14. The number of aryl methyl sites for hydroxylation is 2. The molecule has 2 aliphatic carbocycles. The molecule has 4 aromatic heterocycles. The molecule has 4 fully saturated rings. The van der Waals surface area contributed by atoms with E-state index >= 15 is 0 Å². The van der Waals surface area contributed by atoms with Gasteiger partial charge in [-0.15, -0.1) is 43.1 Å². The van der Waals surface area contributed by atoms with Gasteiger partial charge in [0.1, 0.15) is 0 Å². The van der Waals surface area contributed by atoms with Gasteiger partial charge in [-0.3, -0.25) is 0 Å². The van der Waals surface area contributed by atoms with E-state index in [1.807, 2.05) is 48.1 Å². The summed E-state index contributed by atoms with van der Waals surface area (Å²) in [6, 6.07) is 11.6. The molecule has 0 amide bonds. The molecule has 2 spiro atoms. The van der Waals surface area contributed by atoms with E-state index < -0.39 is 23.5 Å². The van der Waals surface area contributed by atoms with Crippen LogP contribution in [0.3, 0.4) is 0 Å². The van der Waals surface area contributed by atoms with Gasteiger partial charge < -0.3 is 18.9 Å². The third-order valence-corrected chi connectivity index (χ3v) is 17.9. The molecule has 352 valence electrons. The summed E-state index contributed by atoms with van der Waals surface area (Å²) in [5.41, 5.74) is 7.11. The molecule has 2 aliphatic heterocycles. The Bertz CT molecular complexity index is 2430. The second-order valence-corrected chi connectivity index (χ2v) is 22.0. The average molecular weight is 987 g/mol. The summed E-state index contributed by atoms with van der Waals surface area (Å²) in [6.07, 6.45) is -1.98. The van der Waals surface area contributed by atoms with Crippen molar-refractivity contribution in [3.05, 3.63) is 93.2 Å². The zero-order valence-electron chi connectivity index (χ0n) is 37.2. The largest absolute Gasteiger partial charge is 0.416 e. The van der Waals surface area contributed by atoms with Crippen LogP contribution >= 0.6 is 46.2 Å². The first-order valence-corrected chi connectivity index (χ1v) is 25.9. The van der Waals surface area contributed by atoms with Crippen LogP contribution in [0, 0.1) is 24.7 Å². The smallest absolute Gasteiger partial charge is 0.304 e. The zero-order chi connectivity index (χ0) is 46.4. The maximum absolute atomic E-state index is 12.8. The van der Waals surface area contributed by atoms with Crippen molar-refractivity contribution in [3.63, 3.8) is 0 Å². The van der Waals surface area contributed by atoms with Crippen molar-refractivity contribution in [2.75, 3.05) is 50.8 Å². The summed E-state index contributed by atoms with van der Waals surface area (Å²) in [5.74, 6) is 4.46. The molecular formula is C46H52F6N10S4. The maximum atomic E-state index is 12.8. The number of hydrogen-bond donors (Lipinski definition) is 0. The maximum Gasteiger partial charge on any atom is 0.416 e. The Labute approximate surface area is 397 Å². The molecular weight excluding hydrogens is 935 g/mol. The number of thioether (sulfide) groups is 2. The van der Waals surface area contributed by atoms with Crippen molar-refractivity contribution in [1.29, 1.82) is 0 Å². The summed E-state index contributed by atoms with van der Waals surface area (Å²) in [4.78, 5) is 15.7. The molecule has 6 heterocycles.